The number of hydrogen-bond donors (Lipinski definition) is 1. The van der Waals surface area contributed by atoms with Crippen molar-refractivity contribution >= 4 is 17.0 Å². The first-order valence-corrected chi connectivity index (χ1v) is 11.7. The van der Waals surface area contributed by atoms with Gasteiger partial charge in [0.1, 0.15) is 10.8 Å². The van der Waals surface area contributed by atoms with Gasteiger partial charge in [-0.15, -0.1) is 11.3 Å². The molecule has 1 N–H and O–H groups in total. The van der Waals surface area contributed by atoms with Crippen LogP contribution in [0.25, 0.3) is 10.6 Å². The molecule has 0 bridgehead atoms. The fourth-order valence-corrected chi connectivity index (χ4v) is 5.24. The van der Waals surface area contributed by atoms with E-state index in [0.29, 0.717) is 17.1 Å². The van der Waals surface area contributed by atoms with Gasteiger partial charge >= 0.3 is 6.18 Å². The van der Waals surface area contributed by atoms with E-state index in [1.54, 1.807) is 0 Å². The third-order valence-electron chi connectivity index (χ3n) is 6.16. The van der Waals surface area contributed by atoms with Crippen LogP contribution >= 0.6 is 11.3 Å². The van der Waals surface area contributed by atoms with Gasteiger partial charge in [0.05, 0.1) is 29.3 Å². The molecule has 0 saturated carbocycles. The largest absolute Gasteiger partial charge is 0.493 e. The van der Waals surface area contributed by atoms with Crippen molar-refractivity contribution in [2.24, 2.45) is 0 Å². The molecular formula is C24H24F3N3O2S. The summed E-state index contributed by atoms with van der Waals surface area (Å²) in [7, 11) is 0. The zero-order valence-corrected chi connectivity index (χ0v) is 18.8. The number of benzene rings is 2. The number of alkyl halides is 3. The number of aromatic nitrogens is 1. The second-order valence-corrected chi connectivity index (χ2v) is 9.36. The highest BCUT2D eigenvalue weighted by Crippen LogP contribution is 2.34. The van der Waals surface area contributed by atoms with E-state index < -0.39 is 11.7 Å². The summed E-state index contributed by atoms with van der Waals surface area (Å²) in [5, 5.41) is 10.4. The third kappa shape index (κ3) is 4.71. The van der Waals surface area contributed by atoms with Crippen LogP contribution in [0.1, 0.15) is 21.7 Å². The SMILES string of the molecule is OCc1sc(-c2ccc(C(F)(F)F)cc2)nc1CN1CCN(c2ccc3c(c2)CCO3)CC1. The first kappa shape index (κ1) is 22.2. The molecule has 1 fully saturated rings. The average molecular weight is 476 g/mol. The van der Waals surface area contributed by atoms with Crippen LogP contribution in [0.4, 0.5) is 18.9 Å². The number of hydrogen-bond acceptors (Lipinski definition) is 6. The number of piperazine rings is 1. The van der Waals surface area contributed by atoms with E-state index in [-0.39, 0.29) is 6.61 Å². The van der Waals surface area contributed by atoms with Crippen molar-refractivity contribution in [3.63, 3.8) is 0 Å². The standard InChI is InChI=1S/C24H24F3N3O2S/c25-24(26,27)18-3-1-16(2-4-18)23-28-20(22(15-31)33-23)14-29-8-10-30(11-9-29)19-5-6-21-17(13-19)7-12-32-21/h1-6,13,31H,7-12,14-15H2. The molecule has 5 nitrogen and oxygen atoms in total. The molecule has 174 valence electrons. The molecule has 2 aromatic carbocycles. The van der Waals surface area contributed by atoms with Crippen molar-refractivity contribution in [2.45, 2.75) is 25.7 Å². The molecule has 3 heterocycles. The molecule has 3 aromatic rings. The van der Waals surface area contributed by atoms with Crippen LogP contribution < -0.4 is 9.64 Å². The van der Waals surface area contributed by atoms with Gasteiger partial charge in [-0.25, -0.2) is 4.98 Å². The first-order valence-electron chi connectivity index (χ1n) is 10.9. The van der Waals surface area contributed by atoms with E-state index in [1.807, 2.05) is 0 Å². The Morgan fingerprint density at radius 2 is 1.79 bits per heavy atom. The summed E-state index contributed by atoms with van der Waals surface area (Å²) in [6.07, 6.45) is -3.41. The zero-order valence-electron chi connectivity index (χ0n) is 17.9. The highest BCUT2D eigenvalue weighted by atomic mass is 32.1. The maximum absolute atomic E-state index is 12.8. The summed E-state index contributed by atoms with van der Waals surface area (Å²) in [6, 6.07) is 11.4. The molecule has 0 radical (unpaired) electrons. The van der Waals surface area contributed by atoms with E-state index in [2.05, 4.69) is 33.0 Å². The number of fused-ring (bicyclic) bond motifs is 1. The lowest BCUT2D eigenvalue weighted by Crippen LogP contribution is -2.46. The number of thiazole rings is 1. The van der Waals surface area contributed by atoms with Crippen molar-refractivity contribution < 1.29 is 23.0 Å². The summed E-state index contributed by atoms with van der Waals surface area (Å²) < 4.78 is 44.1. The van der Waals surface area contributed by atoms with Crippen LogP contribution in [-0.4, -0.2) is 47.8 Å². The number of aliphatic hydroxyl groups is 1. The monoisotopic (exact) mass is 475 g/mol. The fraction of sp³-hybridized carbons (Fsp3) is 0.375. The minimum atomic E-state index is -4.36. The Morgan fingerprint density at radius 1 is 1.03 bits per heavy atom. The van der Waals surface area contributed by atoms with Crippen LogP contribution in [-0.2, 0) is 25.7 Å². The zero-order chi connectivity index (χ0) is 23.0. The normalized spacial score (nSPS) is 16.7. The predicted molar refractivity (Wildman–Crippen MR) is 122 cm³/mol. The van der Waals surface area contributed by atoms with Gasteiger partial charge in [-0.1, -0.05) is 12.1 Å². The second kappa shape index (κ2) is 8.96. The molecule has 5 rings (SSSR count). The molecular weight excluding hydrogens is 451 g/mol. The summed E-state index contributed by atoms with van der Waals surface area (Å²) in [6.45, 7) is 4.75. The average Bonchev–Trinajstić information content (AvgIpc) is 3.45. The van der Waals surface area contributed by atoms with Crippen molar-refractivity contribution in [2.75, 3.05) is 37.7 Å². The Bertz CT molecular complexity index is 1120. The van der Waals surface area contributed by atoms with Gasteiger partial charge in [0.15, 0.2) is 0 Å². The highest BCUT2D eigenvalue weighted by molar-refractivity contribution is 7.15. The summed E-state index contributed by atoms with van der Waals surface area (Å²) >= 11 is 1.33. The van der Waals surface area contributed by atoms with Gasteiger partial charge in [0, 0.05) is 50.4 Å². The molecule has 1 saturated heterocycles. The van der Waals surface area contributed by atoms with Gasteiger partial charge in [-0.2, -0.15) is 13.2 Å². The van der Waals surface area contributed by atoms with Gasteiger partial charge in [0.2, 0.25) is 0 Å². The van der Waals surface area contributed by atoms with Crippen LogP contribution in [0.5, 0.6) is 5.75 Å². The number of nitrogens with zero attached hydrogens (tertiary/aromatic N) is 3. The minimum Gasteiger partial charge on any atom is -0.493 e. The number of aliphatic hydroxyl groups excluding tert-OH is 1. The molecule has 0 atom stereocenters. The molecule has 0 unspecified atom stereocenters. The lowest BCUT2D eigenvalue weighted by molar-refractivity contribution is -0.137. The van der Waals surface area contributed by atoms with Crippen molar-refractivity contribution in [3.05, 3.63) is 64.2 Å². The maximum Gasteiger partial charge on any atom is 0.416 e. The molecule has 2 aliphatic rings. The van der Waals surface area contributed by atoms with E-state index in [0.717, 1.165) is 67.7 Å². The highest BCUT2D eigenvalue weighted by Gasteiger charge is 2.30. The second-order valence-electron chi connectivity index (χ2n) is 8.28. The quantitative estimate of drug-likeness (QED) is 0.586. The molecule has 33 heavy (non-hydrogen) atoms. The van der Waals surface area contributed by atoms with E-state index in [4.69, 9.17) is 4.74 Å². The van der Waals surface area contributed by atoms with E-state index >= 15 is 0 Å². The summed E-state index contributed by atoms with van der Waals surface area (Å²) in [4.78, 5) is 10.1. The Balaban J connectivity index is 1.24. The van der Waals surface area contributed by atoms with Gasteiger partial charge < -0.3 is 14.7 Å². The first-order chi connectivity index (χ1) is 15.9. The lowest BCUT2D eigenvalue weighted by atomic mass is 10.1. The van der Waals surface area contributed by atoms with Crippen LogP contribution in [0.15, 0.2) is 42.5 Å². The van der Waals surface area contributed by atoms with Crippen molar-refractivity contribution in [1.29, 1.82) is 0 Å². The van der Waals surface area contributed by atoms with Gasteiger partial charge in [-0.05, 0) is 35.9 Å². The molecule has 9 heteroatoms. The fourth-order valence-electron chi connectivity index (χ4n) is 4.30. The molecule has 0 amide bonds. The maximum atomic E-state index is 12.8. The van der Waals surface area contributed by atoms with Crippen LogP contribution in [0.2, 0.25) is 0 Å². The van der Waals surface area contributed by atoms with E-state index in [9.17, 15) is 18.3 Å². The Labute approximate surface area is 194 Å². The number of ether oxygens (including phenoxy) is 1. The topological polar surface area (TPSA) is 48.8 Å². The minimum absolute atomic E-state index is 0.134. The predicted octanol–water partition coefficient (Wildman–Crippen LogP) is 4.58. The number of rotatable bonds is 5. The third-order valence-corrected chi connectivity index (χ3v) is 7.30. The molecule has 0 aliphatic carbocycles. The number of anilines is 1. The Hall–Kier alpha value is -2.62. The summed E-state index contributed by atoms with van der Waals surface area (Å²) in [5.41, 5.74) is 3.22. The van der Waals surface area contributed by atoms with Gasteiger partial charge in [-0.3, -0.25) is 4.90 Å². The van der Waals surface area contributed by atoms with Crippen LogP contribution in [0.3, 0.4) is 0 Å². The van der Waals surface area contributed by atoms with Crippen molar-refractivity contribution in [1.82, 2.24) is 9.88 Å². The Morgan fingerprint density at radius 3 is 2.48 bits per heavy atom. The summed E-state index contributed by atoms with van der Waals surface area (Å²) in [5.74, 6) is 0.987. The Kier molecular flexibility index (Phi) is 6.03. The number of halogens is 3. The molecule has 2 aliphatic heterocycles. The molecule has 1 aromatic heterocycles. The smallest absolute Gasteiger partial charge is 0.416 e. The van der Waals surface area contributed by atoms with Crippen molar-refractivity contribution in [3.8, 4) is 16.3 Å². The van der Waals surface area contributed by atoms with E-state index in [1.165, 1.54) is 34.7 Å². The van der Waals surface area contributed by atoms with Gasteiger partial charge in [0.25, 0.3) is 0 Å². The lowest BCUT2D eigenvalue weighted by Gasteiger charge is -2.36. The van der Waals surface area contributed by atoms with Crippen LogP contribution in [0, 0.1) is 0 Å². The molecule has 0 spiro atoms.